The van der Waals surface area contributed by atoms with Crippen LogP contribution in [0.15, 0.2) is 12.1 Å². The lowest BCUT2D eigenvalue weighted by Crippen LogP contribution is -2.34. The van der Waals surface area contributed by atoms with Crippen LogP contribution in [0.4, 0.5) is 8.78 Å². The molecule has 0 aliphatic heterocycles. The molecule has 0 aliphatic rings. The van der Waals surface area contributed by atoms with Crippen LogP contribution < -0.4 is 5.32 Å². The number of carbonyl (C=O) groups is 1. The van der Waals surface area contributed by atoms with Gasteiger partial charge in [0.1, 0.15) is 35.5 Å². The van der Waals surface area contributed by atoms with E-state index in [4.69, 9.17) is 5.26 Å². The standard InChI is InChI=1S/C12H12F2N2O3/c1-6(17)16-5-11(18)12(19)7-2-9(13)8(4-15)10(14)3-7/h2-3,11-12,18-19H,5H2,1H3,(H,16,17). The Labute approximate surface area is 108 Å². The molecule has 102 valence electrons. The van der Waals surface area contributed by atoms with Crippen LogP contribution in [0.25, 0.3) is 0 Å². The third-order valence-corrected chi connectivity index (χ3v) is 2.44. The van der Waals surface area contributed by atoms with Crippen molar-refractivity contribution in [3.05, 3.63) is 34.9 Å². The minimum atomic E-state index is -1.58. The van der Waals surface area contributed by atoms with Crippen LogP contribution in [0.2, 0.25) is 0 Å². The van der Waals surface area contributed by atoms with Crippen molar-refractivity contribution in [2.45, 2.75) is 19.1 Å². The highest BCUT2D eigenvalue weighted by atomic mass is 19.1. The smallest absolute Gasteiger partial charge is 0.216 e. The van der Waals surface area contributed by atoms with Gasteiger partial charge in [-0.2, -0.15) is 5.26 Å². The van der Waals surface area contributed by atoms with Crippen molar-refractivity contribution in [2.75, 3.05) is 6.54 Å². The Morgan fingerprint density at radius 1 is 1.42 bits per heavy atom. The van der Waals surface area contributed by atoms with E-state index < -0.39 is 35.3 Å². The van der Waals surface area contributed by atoms with Gasteiger partial charge in [-0.1, -0.05) is 0 Å². The molecule has 1 rings (SSSR count). The van der Waals surface area contributed by atoms with Crippen LogP contribution in [0, 0.1) is 23.0 Å². The normalized spacial score (nSPS) is 13.5. The van der Waals surface area contributed by atoms with Crippen molar-refractivity contribution < 1.29 is 23.8 Å². The van der Waals surface area contributed by atoms with Crippen molar-refractivity contribution in [1.29, 1.82) is 5.26 Å². The highest BCUT2D eigenvalue weighted by Gasteiger charge is 2.21. The SMILES string of the molecule is CC(=O)NCC(O)C(O)c1cc(F)c(C#N)c(F)c1. The molecule has 0 saturated carbocycles. The lowest BCUT2D eigenvalue weighted by molar-refractivity contribution is -0.119. The Bertz CT molecular complexity index is 505. The lowest BCUT2D eigenvalue weighted by Gasteiger charge is -2.18. The van der Waals surface area contributed by atoms with Crippen LogP contribution in [0.5, 0.6) is 0 Å². The van der Waals surface area contributed by atoms with Crippen molar-refractivity contribution in [3.63, 3.8) is 0 Å². The van der Waals surface area contributed by atoms with E-state index in [1.807, 2.05) is 0 Å². The number of nitriles is 1. The number of rotatable bonds is 4. The number of benzene rings is 1. The number of aliphatic hydroxyl groups is 2. The fraction of sp³-hybridized carbons (Fsp3) is 0.333. The molecular formula is C12H12F2N2O3. The third-order valence-electron chi connectivity index (χ3n) is 2.44. The average molecular weight is 270 g/mol. The third kappa shape index (κ3) is 3.71. The minimum Gasteiger partial charge on any atom is -0.388 e. The number of hydrogen-bond acceptors (Lipinski definition) is 4. The summed E-state index contributed by atoms with van der Waals surface area (Å²) >= 11 is 0. The summed E-state index contributed by atoms with van der Waals surface area (Å²) in [6.45, 7) is 0.958. The lowest BCUT2D eigenvalue weighted by atomic mass is 10.0. The average Bonchev–Trinajstić information content (AvgIpc) is 2.34. The number of nitrogens with one attached hydrogen (secondary N) is 1. The summed E-state index contributed by atoms with van der Waals surface area (Å²) in [6.07, 6.45) is -3.00. The van der Waals surface area contributed by atoms with Gasteiger partial charge in [-0.25, -0.2) is 8.78 Å². The van der Waals surface area contributed by atoms with E-state index in [2.05, 4.69) is 5.32 Å². The highest BCUT2D eigenvalue weighted by Crippen LogP contribution is 2.22. The number of carbonyl (C=O) groups excluding carboxylic acids is 1. The molecule has 1 amide bonds. The predicted octanol–water partition coefficient (Wildman–Crippen LogP) is 0.367. The quantitative estimate of drug-likeness (QED) is 0.736. The number of aliphatic hydroxyl groups excluding tert-OH is 2. The first kappa shape index (κ1) is 15.0. The Balaban J connectivity index is 2.91. The first-order chi connectivity index (χ1) is 8.86. The predicted molar refractivity (Wildman–Crippen MR) is 60.7 cm³/mol. The molecule has 2 unspecified atom stereocenters. The Kier molecular flexibility index (Phi) is 4.92. The van der Waals surface area contributed by atoms with Crippen LogP contribution in [-0.2, 0) is 4.79 Å². The van der Waals surface area contributed by atoms with E-state index >= 15 is 0 Å². The summed E-state index contributed by atoms with van der Waals surface area (Å²) in [6, 6.07) is 2.88. The fourth-order valence-corrected chi connectivity index (χ4v) is 1.45. The molecule has 1 aromatic carbocycles. The van der Waals surface area contributed by atoms with E-state index in [0.29, 0.717) is 0 Å². The first-order valence-corrected chi connectivity index (χ1v) is 5.36. The topological polar surface area (TPSA) is 93.3 Å². The van der Waals surface area contributed by atoms with E-state index in [-0.39, 0.29) is 12.1 Å². The van der Waals surface area contributed by atoms with Gasteiger partial charge in [-0.15, -0.1) is 0 Å². The van der Waals surface area contributed by atoms with Crippen LogP contribution >= 0.6 is 0 Å². The Morgan fingerprint density at radius 3 is 2.37 bits per heavy atom. The molecule has 2 atom stereocenters. The molecule has 0 aliphatic carbocycles. The van der Waals surface area contributed by atoms with Gasteiger partial charge in [0.2, 0.25) is 5.91 Å². The summed E-state index contributed by atoms with van der Waals surface area (Å²) in [5.41, 5.74) is -0.973. The molecule has 1 aromatic rings. The van der Waals surface area contributed by atoms with Crippen molar-refractivity contribution >= 4 is 5.91 Å². The van der Waals surface area contributed by atoms with E-state index in [9.17, 15) is 23.8 Å². The molecule has 0 heterocycles. The second-order valence-electron chi connectivity index (χ2n) is 3.92. The monoisotopic (exact) mass is 270 g/mol. The zero-order valence-corrected chi connectivity index (χ0v) is 10.0. The summed E-state index contributed by atoms with van der Waals surface area (Å²) in [5, 5.41) is 30.0. The summed E-state index contributed by atoms with van der Waals surface area (Å²) < 4.78 is 26.6. The molecule has 0 aromatic heterocycles. The van der Waals surface area contributed by atoms with Gasteiger partial charge >= 0.3 is 0 Å². The first-order valence-electron chi connectivity index (χ1n) is 5.36. The van der Waals surface area contributed by atoms with Gasteiger partial charge < -0.3 is 15.5 Å². The maximum absolute atomic E-state index is 13.3. The van der Waals surface area contributed by atoms with Crippen LogP contribution in [0.3, 0.4) is 0 Å². The molecule has 0 bridgehead atoms. The van der Waals surface area contributed by atoms with Gasteiger partial charge in [0.05, 0.1) is 0 Å². The van der Waals surface area contributed by atoms with Crippen molar-refractivity contribution in [2.24, 2.45) is 0 Å². The summed E-state index contributed by atoms with van der Waals surface area (Å²) in [4.78, 5) is 10.6. The Morgan fingerprint density at radius 2 is 1.95 bits per heavy atom. The van der Waals surface area contributed by atoms with Gasteiger partial charge in [0.15, 0.2) is 0 Å². The maximum atomic E-state index is 13.3. The van der Waals surface area contributed by atoms with Crippen LogP contribution in [0.1, 0.15) is 24.2 Å². The molecule has 0 saturated heterocycles. The van der Waals surface area contributed by atoms with Gasteiger partial charge in [0, 0.05) is 13.5 Å². The van der Waals surface area contributed by atoms with Gasteiger partial charge in [0.25, 0.3) is 0 Å². The van der Waals surface area contributed by atoms with Crippen molar-refractivity contribution in [1.82, 2.24) is 5.32 Å². The number of halogens is 2. The molecule has 3 N–H and O–H groups in total. The highest BCUT2D eigenvalue weighted by molar-refractivity contribution is 5.72. The zero-order chi connectivity index (χ0) is 14.6. The molecule has 0 fully saturated rings. The van der Waals surface area contributed by atoms with Gasteiger partial charge in [-0.3, -0.25) is 4.79 Å². The molecule has 0 radical (unpaired) electrons. The minimum absolute atomic E-state index is 0.216. The fourth-order valence-electron chi connectivity index (χ4n) is 1.45. The number of hydrogen-bond donors (Lipinski definition) is 3. The largest absolute Gasteiger partial charge is 0.388 e. The van der Waals surface area contributed by atoms with Crippen molar-refractivity contribution in [3.8, 4) is 6.07 Å². The molecule has 19 heavy (non-hydrogen) atoms. The number of amides is 1. The van der Waals surface area contributed by atoms with E-state index in [1.165, 1.54) is 13.0 Å². The second kappa shape index (κ2) is 6.22. The molecule has 5 nitrogen and oxygen atoms in total. The van der Waals surface area contributed by atoms with E-state index in [1.54, 1.807) is 0 Å². The molecule has 0 spiro atoms. The zero-order valence-electron chi connectivity index (χ0n) is 10.0. The molecule has 7 heteroatoms. The Hall–Kier alpha value is -2.04. The number of nitrogens with zero attached hydrogens (tertiary/aromatic N) is 1. The second-order valence-corrected chi connectivity index (χ2v) is 3.92. The van der Waals surface area contributed by atoms with Gasteiger partial charge in [-0.05, 0) is 17.7 Å². The maximum Gasteiger partial charge on any atom is 0.216 e. The molecular weight excluding hydrogens is 258 g/mol. The summed E-state index contributed by atoms with van der Waals surface area (Å²) in [7, 11) is 0. The summed E-state index contributed by atoms with van der Waals surface area (Å²) in [5.74, 6) is -2.66. The van der Waals surface area contributed by atoms with Crippen LogP contribution in [-0.4, -0.2) is 28.8 Å². The van der Waals surface area contributed by atoms with E-state index in [0.717, 1.165) is 12.1 Å².